The number of sulfone groups is 1. The fourth-order valence-electron chi connectivity index (χ4n) is 4.26. The summed E-state index contributed by atoms with van der Waals surface area (Å²) in [5.74, 6) is 0.511. The highest BCUT2D eigenvalue weighted by Gasteiger charge is 2.31. The van der Waals surface area contributed by atoms with Crippen LogP contribution in [0.25, 0.3) is 0 Å². The Hall–Kier alpha value is -1.92. The van der Waals surface area contributed by atoms with Gasteiger partial charge < -0.3 is 4.57 Å². The Morgan fingerprint density at radius 2 is 1.93 bits per heavy atom. The average Bonchev–Trinajstić information content (AvgIpc) is 3.14. The number of carbonyl (C=O) groups excluding carboxylic acids is 1. The first-order valence-electron chi connectivity index (χ1n) is 9.99. The van der Waals surface area contributed by atoms with Crippen LogP contribution in [0, 0.1) is 13.8 Å². The Bertz CT molecular complexity index is 932. The van der Waals surface area contributed by atoms with E-state index in [0.717, 1.165) is 36.5 Å². The van der Waals surface area contributed by atoms with Crippen molar-refractivity contribution in [1.29, 1.82) is 0 Å². The van der Waals surface area contributed by atoms with Crippen LogP contribution < -0.4 is 0 Å². The molecule has 2 heterocycles. The van der Waals surface area contributed by atoms with Crippen molar-refractivity contribution >= 4 is 15.6 Å². The molecule has 1 fully saturated rings. The lowest BCUT2D eigenvalue weighted by molar-refractivity contribution is 0.0925. The van der Waals surface area contributed by atoms with Gasteiger partial charge in [0.1, 0.15) is 0 Å². The van der Waals surface area contributed by atoms with Gasteiger partial charge in [-0.05, 0) is 44.9 Å². The highest BCUT2D eigenvalue weighted by Crippen LogP contribution is 2.29. The number of hydrogen-bond donors (Lipinski definition) is 0. The van der Waals surface area contributed by atoms with Crippen LogP contribution in [-0.4, -0.2) is 48.3 Å². The van der Waals surface area contributed by atoms with Crippen LogP contribution in [0.5, 0.6) is 0 Å². The van der Waals surface area contributed by atoms with Gasteiger partial charge in [0.25, 0.3) is 0 Å². The van der Waals surface area contributed by atoms with Crippen LogP contribution in [-0.2, 0) is 16.4 Å². The molecular formula is C22H30N2O3S. The highest BCUT2D eigenvalue weighted by atomic mass is 32.2. The molecule has 0 N–H and O–H groups in total. The summed E-state index contributed by atoms with van der Waals surface area (Å²) < 4.78 is 25.8. The molecule has 0 saturated carbocycles. The molecule has 0 unspecified atom stereocenters. The monoisotopic (exact) mass is 402 g/mol. The van der Waals surface area contributed by atoms with E-state index in [9.17, 15) is 13.2 Å². The van der Waals surface area contributed by atoms with E-state index in [1.54, 1.807) is 0 Å². The summed E-state index contributed by atoms with van der Waals surface area (Å²) in [4.78, 5) is 15.3. The van der Waals surface area contributed by atoms with Crippen molar-refractivity contribution in [2.45, 2.75) is 46.2 Å². The number of benzene rings is 1. The SMILES string of the molecule is CCCN(CC(=O)c1cc(C)n([C@@H]2CCS(=O)(=O)C2)c1C)Cc1ccccc1. The highest BCUT2D eigenvalue weighted by molar-refractivity contribution is 7.91. The van der Waals surface area contributed by atoms with E-state index in [4.69, 9.17) is 0 Å². The van der Waals surface area contributed by atoms with Crippen molar-refractivity contribution in [2.75, 3.05) is 24.6 Å². The topological polar surface area (TPSA) is 59.4 Å². The molecule has 0 spiro atoms. The predicted octanol–water partition coefficient (Wildman–Crippen LogP) is 3.56. The third kappa shape index (κ3) is 4.73. The normalized spacial score (nSPS) is 18.6. The second kappa shape index (κ2) is 8.62. The minimum Gasteiger partial charge on any atom is -0.344 e. The Labute approximate surface area is 168 Å². The van der Waals surface area contributed by atoms with Crippen molar-refractivity contribution in [3.63, 3.8) is 0 Å². The van der Waals surface area contributed by atoms with Gasteiger partial charge in [-0.15, -0.1) is 0 Å². The maximum absolute atomic E-state index is 13.1. The van der Waals surface area contributed by atoms with Gasteiger partial charge in [-0.25, -0.2) is 8.42 Å². The second-order valence-electron chi connectivity index (χ2n) is 7.83. The molecule has 0 radical (unpaired) electrons. The Balaban J connectivity index is 1.77. The molecule has 1 aromatic heterocycles. The summed E-state index contributed by atoms with van der Waals surface area (Å²) in [5, 5.41) is 0. The first kappa shape index (κ1) is 20.8. The number of rotatable bonds is 8. The summed E-state index contributed by atoms with van der Waals surface area (Å²) in [6.07, 6.45) is 1.61. The van der Waals surface area contributed by atoms with E-state index in [2.05, 4.69) is 28.5 Å². The molecular weight excluding hydrogens is 372 g/mol. The van der Waals surface area contributed by atoms with Crippen LogP contribution in [0.1, 0.15) is 53.1 Å². The molecule has 5 nitrogen and oxygen atoms in total. The lowest BCUT2D eigenvalue weighted by Gasteiger charge is -2.21. The van der Waals surface area contributed by atoms with Gasteiger partial charge in [-0.2, -0.15) is 0 Å². The van der Waals surface area contributed by atoms with Crippen LogP contribution in [0.3, 0.4) is 0 Å². The number of ketones is 1. The molecule has 3 rings (SSSR count). The van der Waals surface area contributed by atoms with E-state index in [0.29, 0.717) is 13.0 Å². The quantitative estimate of drug-likeness (QED) is 0.634. The van der Waals surface area contributed by atoms with Gasteiger partial charge in [0.2, 0.25) is 0 Å². The maximum atomic E-state index is 13.1. The van der Waals surface area contributed by atoms with E-state index >= 15 is 0 Å². The zero-order chi connectivity index (χ0) is 20.3. The van der Waals surface area contributed by atoms with E-state index in [1.165, 1.54) is 5.56 Å². The van der Waals surface area contributed by atoms with Gasteiger partial charge in [0.15, 0.2) is 15.6 Å². The van der Waals surface area contributed by atoms with Crippen LogP contribution in [0.4, 0.5) is 0 Å². The first-order chi connectivity index (χ1) is 13.3. The Morgan fingerprint density at radius 1 is 1.21 bits per heavy atom. The molecule has 0 amide bonds. The number of Topliss-reactive ketones (excluding diaryl/α,β-unsaturated/α-hetero) is 1. The van der Waals surface area contributed by atoms with Crippen molar-refractivity contribution in [3.05, 3.63) is 58.9 Å². The minimum absolute atomic E-state index is 0.0531. The van der Waals surface area contributed by atoms with Crippen LogP contribution in [0.15, 0.2) is 36.4 Å². The molecule has 2 aromatic rings. The third-order valence-electron chi connectivity index (χ3n) is 5.51. The molecule has 1 aromatic carbocycles. The lowest BCUT2D eigenvalue weighted by atomic mass is 10.1. The predicted molar refractivity (Wildman–Crippen MR) is 113 cm³/mol. The lowest BCUT2D eigenvalue weighted by Crippen LogP contribution is -2.30. The van der Waals surface area contributed by atoms with E-state index in [1.807, 2.05) is 38.1 Å². The molecule has 1 aliphatic rings. The number of hydrogen-bond acceptors (Lipinski definition) is 4. The number of aryl methyl sites for hydroxylation is 1. The maximum Gasteiger partial charge on any atom is 0.178 e. The number of nitrogens with zero attached hydrogens (tertiary/aromatic N) is 2. The van der Waals surface area contributed by atoms with Gasteiger partial charge in [0.05, 0.1) is 18.1 Å². The van der Waals surface area contributed by atoms with Crippen LogP contribution >= 0.6 is 0 Å². The van der Waals surface area contributed by atoms with Crippen molar-refractivity contribution in [2.24, 2.45) is 0 Å². The number of carbonyl (C=O) groups is 1. The molecule has 0 bridgehead atoms. The Morgan fingerprint density at radius 3 is 2.54 bits per heavy atom. The van der Waals surface area contributed by atoms with Crippen molar-refractivity contribution in [1.82, 2.24) is 9.47 Å². The largest absolute Gasteiger partial charge is 0.344 e. The van der Waals surface area contributed by atoms with Gasteiger partial charge >= 0.3 is 0 Å². The van der Waals surface area contributed by atoms with E-state index < -0.39 is 9.84 Å². The second-order valence-corrected chi connectivity index (χ2v) is 10.1. The molecule has 1 saturated heterocycles. The molecule has 6 heteroatoms. The zero-order valence-electron chi connectivity index (χ0n) is 17.0. The molecule has 152 valence electrons. The molecule has 1 aliphatic heterocycles. The summed E-state index contributed by atoms with van der Waals surface area (Å²) >= 11 is 0. The first-order valence-corrected chi connectivity index (χ1v) is 11.8. The molecule has 28 heavy (non-hydrogen) atoms. The summed E-state index contributed by atoms with van der Waals surface area (Å²) in [6, 6.07) is 12.1. The minimum atomic E-state index is -2.96. The molecule has 1 atom stereocenters. The third-order valence-corrected chi connectivity index (χ3v) is 7.26. The van der Waals surface area contributed by atoms with Crippen molar-refractivity contribution in [3.8, 4) is 0 Å². The number of aromatic nitrogens is 1. The smallest absolute Gasteiger partial charge is 0.178 e. The summed E-state index contributed by atoms with van der Waals surface area (Å²) in [6.45, 7) is 8.00. The fraction of sp³-hybridized carbons (Fsp3) is 0.500. The summed E-state index contributed by atoms with van der Waals surface area (Å²) in [5.41, 5.74) is 3.77. The average molecular weight is 403 g/mol. The van der Waals surface area contributed by atoms with E-state index in [-0.39, 0.29) is 23.3 Å². The van der Waals surface area contributed by atoms with Gasteiger partial charge in [-0.3, -0.25) is 9.69 Å². The standard InChI is InChI=1S/C22H30N2O3S/c1-4-11-23(14-19-8-6-5-7-9-19)15-22(25)21-13-17(2)24(18(21)3)20-10-12-28(26,27)16-20/h5-9,13,20H,4,10-12,14-16H2,1-3H3/t20-/m1/s1. The van der Waals surface area contributed by atoms with Crippen LogP contribution in [0.2, 0.25) is 0 Å². The van der Waals surface area contributed by atoms with Gasteiger partial charge in [0, 0.05) is 29.5 Å². The van der Waals surface area contributed by atoms with Crippen molar-refractivity contribution < 1.29 is 13.2 Å². The van der Waals surface area contributed by atoms with Gasteiger partial charge in [-0.1, -0.05) is 37.3 Å². The summed E-state index contributed by atoms with van der Waals surface area (Å²) in [7, 11) is -2.96. The fourth-order valence-corrected chi connectivity index (χ4v) is 5.96. The Kier molecular flexibility index (Phi) is 6.40. The molecule has 0 aliphatic carbocycles. The zero-order valence-corrected chi connectivity index (χ0v) is 17.8.